The predicted molar refractivity (Wildman–Crippen MR) is 119 cm³/mol. The van der Waals surface area contributed by atoms with Gasteiger partial charge in [-0.1, -0.05) is 91.0 Å². The SMILES string of the molecule is O=c1c(NCc2ccccc2)c(N[C@H](c2ccccc2)[C@@H](O)c2ccccc2)c1=O. The third kappa shape index (κ3) is 4.02. The molecule has 0 spiro atoms. The predicted octanol–water partition coefficient (Wildman–Crippen LogP) is 3.78. The lowest BCUT2D eigenvalue weighted by molar-refractivity contribution is 0.155. The normalized spacial score (nSPS) is 13.0. The maximum Gasteiger partial charge on any atom is 0.253 e. The molecule has 0 amide bonds. The molecular weight excluding hydrogens is 376 g/mol. The standard InChI is InChI=1S/C25H22N2O3/c28-23(19-14-8-3-9-15-19)20(18-12-6-2-7-13-18)27-22-21(24(29)25(22)30)26-16-17-10-4-1-5-11-17/h1-15,20,23,26-28H,16H2/t20-,23+/m1/s1. The highest BCUT2D eigenvalue weighted by Crippen LogP contribution is 2.33. The molecule has 5 nitrogen and oxygen atoms in total. The van der Waals surface area contributed by atoms with E-state index < -0.39 is 23.0 Å². The van der Waals surface area contributed by atoms with Crippen LogP contribution in [0.4, 0.5) is 11.4 Å². The van der Waals surface area contributed by atoms with Crippen LogP contribution in [-0.4, -0.2) is 5.11 Å². The number of rotatable bonds is 8. The van der Waals surface area contributed by atoms with Crippen LogP contribution < -0.4 is 21.5 Å². The lowest BCUT2D eigenvalue weighted by atomic mass is 9.95. The zero-order valence-electron chi connectivity index (χ0n) is 16.3. The molecule has 30 heavy (non-hydrogen) atoms. The van der Waals surface area contributed by atoms with Gasteiger partial charge in [-0.15, -0.1) is 0 Å². The van der Waals surface area contributed by atoms with Gasteiger partial charge in [-0.05, 0) is 16.7 Å². The van der Waals surface area contributed by atoms with Crippen molar-refractivity contribution in [2.45, 2.75) is 18.7 Å². The fourth-order valence-electron chi connectivity index (χ4n) is 3.49. The first kappa shape index (κ1) is 19.6. The van der Waals surface area contributed by atoms with Gasteiger partial charge in [-0.3, -0.25) is 9.59 Å². The first-order valence-corrected chi connectivity index (χ1v) is 9.80. The van der Waals surface area contributed by atoms with E-state index >= 15 is 0 Å². The topological polar surface area (TPSA) is 78.4 Å². The van der Waals surface area contributed by atoms with Crippen LogP contribution in [0.25, 0.3) is 0 Å². The zero-order valence-corrected chi connectivity index (χ0v) is 16.3. The largest absolute Gasteiger partial charge is 0.386 e. The van der Waals surface area contributed by atoms with E-state index in [1.807, 2.05) is 91.0 Å². The molecule has 4 aromatic carbocycles. The second-order valence-electron chi connectivity index (χ2n) is 7.14. The highest BCUT2D eigenvalue weighted by atomic mass is 16.3. The number of nitrogens with one attached hydrogen (secondary N) is 2. The molecule has 150 valence electrons. The molecule has 0 unspecified atom stereocenters. The van der Waals surface area contributed by atoms with Crippen molar-refractivity contribution < 1.29 is 5.11 Å². The number of aliphatic hydroxyl groups is 1. The Morgan fingerprint density at radius 1 is 0.667 bits per heavy atom. The molecule has 4 rings (SSSR count). The summed E-state index contributed by atoms with van der Waals surface area (Å²) in [5.74, 6) is 0. The highest BCUT2D eigenvalue weighted by Gasteiger charge is 2.28. The van der Waals surface area contributed by atoms with Gasteiger partial charge in [0.1, 0.15) is 17.5 Å². The number of anilines is 2. The Bertz CT molecular complexity index is 1170. The van der Waals surface area contributed by atoms with Gasteiger partial charge in [0.2, 0.25) is 0 Å². The van der Waals surface area contributed by atoms with Crippen LogP contribution >= 0.6 is 0 Å². The summed E-state index contributed by atoms with van der Waals surface area (Å²) in [5.41, 5.74) is 1.87. The fraction of sp³-hybridized carbons (Fsp3) is 0.120. The molecule has 0 heterocycles. The van der Waals surface area contributed by atoms with Crippen molar-refractivity contribution in [3.05, 3.63) is 128 Å². The first-order valence-electron chi connectivity index (χ1n) is 9.80. The van der Waals surface area contributed by atoms with Gasteiger partial charge in [0, 0.05) is 6.54 Å². The van der Waals surface area contributed by atoms with E-state index in [1.54, 1.807) is 0 Å². The zero-order chi connectivity index (χ0) is 20.9. The summed E-state index contributed by atoms with van der Waals surface area (Å²) in [4.78, 5) is 24.5. The molecule has 5 heteroatoms. The van der Waals surface area contributed by atoms with Crippen molar-refractivity contribution >= 4 is 11.4 Å². The fourth-order valence-corrected chi connectivity index (χ4v) is 3.49. The Labute approximate surface area is 174 Å². The van der Waals surface area contributed by atoms with E-state index in [0.29, 0.717) is 6.54 Å². The van der Waals surface area contributed by atoms with Gasteiger partial charge in [-0.25, -0.2) is 0 Å². The van der Waals surface area contributed by atoms with Crippen molar-refractivity contribution in [1.29, 1.82) is 0 Å². The minimum absolute atomic E-state index is 0.208. The molecule has 0 radical (unpaired) electrons. The van der Waals surface area contributed by atoms with Crippen LogP contribution in [0.3, 0.4) is 0 Å². The molecule has 4 aromatic rings. The van der Waals surface area contributed by atoms with Gasteiger partial charge >= 0.3 is 0 Å². The molecule has 3 N–H and O–H groups in total. The molecule has 2 atom stereocenters. The van der Waals surface area contributed by atoms with E-state index in [0.717, 1.165) is 16.7 Å². The van der Waals surface area contributed by atoms with Crippen LogP contribution in [0, 0.1) is 0 Å². The van der Waals surface area contributed by atoms with E-state index in [1.165, 1.54) is 0 Å². The average Bonchev–Trinajstić information content (AvgIpc) is 2.82. The smallest absolute Gasteiger partial charge is 0.253 e. The van der Waals surface area contributed by atoms with Gasteiger partial charge in [0.25, 0.3) is 10.9 Å². The Morgan fingerprint density at radius 3 is 1.77 bits per heavy atom. The highest BCUT2D eigenvalue weighted by molar-refractivity contribution is 5.74. The second-order valence-corrected chi connectivity index (χ2v) is 7.14. The number of hydrogen-bond acceptors (Lipinski definition) is 5. The Balaban J connectivity index is 1.61. The molecule has 0 aliphatic carbocycles. The minimum Gasteiger partial charge on any atom is -0.386 e. The molecule has 0 bridgehead atoms. The van der Waals surface area contributed by atoms with Crippen molar-refractivity contribution in [3.8, 4) is 0 Å². The van der Waals surface area contributed by atoms with Crippen molar-refractivity contribution in [3.63, 3.8) is 0 Å². The summed E-state index contributed by atoms with van der Waals surface area (Å²) < 4.78 is 0. The Kier molecular flexibility index (Phi) is 5.72. The van der Waals surface area contributed by atoms with E-state index in [9.17, 15) is 14.7 Å². The molecular formula is C25H22N2O3. The second kappa shape index (κ2) is 8.76. The van der Waals surface area contributed by atoms with Crippen LogP contribution in [0.5, 0.6) is 0 Å². The minimum atomic E-state index is -0.903. The summed E-state index contributed by atoms with van der Waals surface area (Å²) in [6.07, 6.45) is -0.903. The van der Waals surface area contributed by atoms with Crippen LogP contribution in [0.15, 0.2) is 101 Å². The summed E-state index contributed by atoms with van der Waals surface area (Å²) >= 11 is 0. The lowest BCUT2D eigenvalue weighted by Gasteiger charge is -2.27. The van der Waals surface area contributed by atoms with E-state index in [2.05, 4.69) is 10.6 Å². The Hall–Kier alpha value is -3.70. The molecule has 0 saturated carbocycles. The third-order valence-corrected chi connectivity index (χ3v) is 5.14. The maximum absolute atomic E-state index is 12.3. The van der Waals surface area contributed by atoms with E-state index in [4.69, 9.17) is 0 Å². The molecule has 0 aliphatic rings. The van der Waals surface area contributed by atoms with Crippen LogP contribution in [0.1, 0.15) is 28.8 Å². The first-order chi connectivity index (χ1) is 14.6. The number of aliphatic hydroxyl groups excluding tert-OH is 1. The Morgan fingerprint density at radius 2 is 1.17 bits per heavy atom. The third-order valence-electron chi connectivity index (χ3n) is 5.14. The molecule has 0 saturated heterocycles. The van der Waals surface area contributed by atoms with E-state index in [-0.39, 0.29) is 11.4 Å². The summed E-state index contributed by atoms with van der Waals surface area (Å²) in [6, 6.07) is 27.7. The van der Waals surface area contributed by atoms with Gasteiger partial charge in [0.15, 0.2) is 0 Å². The van der Waals surface area contributed by atoms with Crippen molar-refractivity contribution in [2.24, 2.45) is 0 Å². The molecule has 0 aliphatic heterocycles. The summed E-state index contributed by atoms with van der Waals surface area (Å²) in [7, 11) is 0. The monoisotopic (exact) mass is 398 g/mol. The number of benzene rings is 3. The quantitative estimate of drug-likeness (QED) is 0.394. The van der Waals surface area contributed by atoms with Crippen molar-refractivity contribution in [2.75, 3.05) is 10.6 Å². The van der Waals surface area contributed by atoms with Crippen molar-refractivity contribution in [1.82, 2.24) is 0 Å². The average molecular weight is 398 g/mol. The number of hydrogen-bond donors (Lipinski definition) is 3. The summed E-state index contributed by atoms with van der Waals surface area (Å²) in [5, 5.41) is 17.2. The summed E-state index contributed by atoms with van der Waals surface area (Å²) in [6.45, 7) is 0.428. The van der Waals surface area contributed by atoms with Gasteiger partial charge in [0.05, 0.1) is 6.04 Å². The van der Waals surface area contributed by atoms with Gasteiger partial charge in [-0.2, -0.15) is 0 Å². The van der Waals surface area contributed by atoms with Crippen LogP contribution in [-0.2, 0) is 6.54 Å². The molecule has 0 aromatic heterocycles. The van der Waals surface area contributed by atoms with Gasteiger partial charge < -0.3 is 15.7 Å². The maximum atomic E-state index is 12.3. The molecule has 0 fully saturated rings. The van der Waals surface area contributed by atoms with Crippen LogP contribution in [0.2, 0.25) is 0 Å². The lowest BCUT2D eigenvalue weighted by Crippen LogP contribution is -2.38.